The van der Waals surface area contributed by atoms with Crippen molar-refractivity contribution < 1.29 is 29.3 Å². The number of carboxylic acids is 1. The number of thioether (sulfide) groups is 1. The first-order valence-corrected chi connectivity index (χ1v) is 12.1. The van der Waals surface area contributed by atoms with Gasteiger partial charge in [0.25, 0.3) is 17.5 Å². The van der Waals surface area contributed by atoms with Crippen LogP contribution in [0.4, 0.5) is 10.8 Å². The van der Waals surface area contributed by atoms with Gasteiger partial charge < -0.3 is 26.8 Å². The zero-order valence-electron chi connectivity index (χ0n) is 18.9. The maximum Gasteiger partial charge on any atom is 0.353 e. The van der Waals surface area contributed by atoms with Crippen molar-refractivity contribution in [3.8, 4) is 0 Å². The van der Waals surface area contributed by atoms with Gasteiger partial charge in [0.15, 0.2) is 10.8 Å². The Morgan fingerprint density at radius 3 is 2.59 bits per heavy atom. The van der Waals surface area contributed by atoms with E-state index in [1.165, 1.54) is 36.8 Å². The smallest absolute Gasteiger partial charge is 0.353 e. The third-order valence-corrected chi connectivity index (χ3v) is 7.28. The van der Waals surface area contributed by atoms with Gasteiger partial charge in [-0.05, 0) is 12.1 Å². The zero-order chi connectivity index (χ0) is 26.9. The number of carboxylic acid groups (broad SMARTS) is 1. The highest BCUT2D eigenvalue weighted by atomic mass is 32.2. The van der Waals surface area contributed by atoms with Crippen LogP contribution in [0.1, 0.15) is 11.3 Å². The van der Waals surface area contributed by atoms with E-state index >= 15 is 0 Å². The number of thiazole rings is 1. The van der Waals surface area contributed by atoms with Gasteiger partial charge in [0.2, 0.25) is 0 Å². The zero-order valence-corrected chi connectivity index (χ0v) is 20.5. The summed E-state index contributed by atoms with van der Waals surface area (Å²) in [5.41, 5.74) is 5.42. The van der Waals surface area contributed by atoms with Crippen molar-refractivity contribution in [3.05, 3.63) is 61.6 Å². The first kappa shape index (κ1) is 25.6. The highest BCUT2D eigenvalue weighted by Crippen LogP contribution is 2.40. The van der Waals surface area contributed by atoms with E-state index < -0.39 is 34.8 Å². The Hall–Kier alpha value is -4.51. The average Bonchev–Trinajstić information content (AvgIpc) is 3.31. The molecule has 6 N–H and O–H groups in total. The summed E-state index contributed by atoms with van der Waals surface area (Å²) in [5, 5.41) is 32.5. The first-order valence-electron chi connectivity index (χ1n) is 10.3. The first-order chi connectivity index (χ1) is 17.7. The van der Waals surface area contributed by atoms with Gasteiger partial charge in [-0.25, -0.2) is 9.78 Å². The molecule has 1 fully saturated rings. The van der Waals surface area contributed by atoms with E-state index in [9.17, 15) is 29.6 Å². The van der Waals surface area contributed by atoms with E-state index in [4.69, 9.17) is 16.4 Å². The van der Waals surface area contributed by atoms with Gasteiger partial charge in [0.1, 0.15) is 30.3 Å². The van der Waals surface area contributed by atoms with Crippen LogP contribution in [0, 0.1) is 10.1 Å². The number of anilines is 1. The number of hydrogen-bond acceptors (Lipinski definition) is 13. The predicted molar refractivity (Wildman–Crippen MR) is 134 cm³/mol. The molecule has 0 aliphatic carbocycles. The number of hydrogen-bond donors (Lipinski definition) is 4. The van der Waals surface area contributed by atoms with Crippen LogP contribution in [0.3, 0.4) is 0 Å². The Labute approximate surface area is 216 Å². The summed E-state index contributed by atoms with van der Waals surface area (Å²) >= 11 is 2.17. The summed E-state index contributed by atoms with van der Waals surface area (Å²) in [6.45, 7) is 0. The van der Waals surface area contributed by atoms with Crippen molar-refractivity contribution in [2.24, 2.45) is 16.1 Å². The van der Waals surface area contributed by atoms with Gasteiger partial charge in [0, 0.05) is 28.8 Å². The molecule has 0 radical (unpaired) electrons. The number of allylic oxidation sites excluding steroid dienone is 1. The van der Waals surface area contributed by atoms with E-state index in [-0.39, 0.29) is 44.3 Å². The summed E-state index contributed by atoms with van der Waals surface area (Å²) in [6, 6.07) is 3.50. The summed E-state index contributed by atoms with van der Waals surface area (Å²) in [7, 11) is 1.24. The molecular formula is C20H18N8O7S2. The Balaban J connectivity index is 1.60. The number of carbonyl (C=O) groups is 3. The minimum atomic E-state index is -1.41. The molecule has 17 heteroatoms. The molecule has 2 unspecified atom stereocenters. The normalized spacial score (nSPS) is 19.7. The number of nitro groups is 1. The van der Waals surface area contributed by atoms with Gasteiger partial charge >= 0.3 is 5.97 Å². The van der Waals surface area contributed by atoms with Crippen molar-refractivity contribution in [2.75, 3.05) is 18.6 Å². The molecule has 1 aromatic heterocycles. The molecule has 1 aromatic carbocycles. The van der Waals surface area contributed by atoms with Gasteiger partial charge in [-0.15, -0.1) is 23.1 Å². The van der Waals surface area contributed by atoms with Crippen molar-refractivity contribution in [1.29, 1.82) is 0 Å². The van der Waals surface area contributed by atoms with Gasteiger partial charge in [-0.1, -0.05) is 5.16 Å². The fourth-order valence-corrected chi connectivity index (χ4v) is 5.64. The number of β-lactam (4-membered cyclic amide) rings is 1. The Morgan fingerprint density at radius 2 is 2.05 bits per heavy atom. The summed E-state index contributed by atoms with van der Waals surface area (Å²) in [4.78, 5) is 58.4. The Morgan fingerprint density at radius 1 is 1.35 bits per heavy atom. The molecule has 2 aliphatic rings. The predicted octanol–water partition coefficient (Wildman–Crippen LogP) is 0.0856. The number of oxime groups is 1. The number of non-ortho nitro benzene ring substituents is 1. The monoisotopic (exact) mass is 546 g/mol. The van der Waals surface area contributed by atoms with E-state index in [1.54, 1.807) is 0 Å². The van der Waals surface area contributed by atoms with Gasteiger partial charge in [0.05, 0.1) is 15.9 Å². The topological polar surface area (TPSA) is 229 Å². The SMILES string of the molecule is CON=C(C(=O)NC1C(=O)N2C(C(=O)O)=C(C(=NN)c3ccc([N+](=O)[O-])cc3)SCC12)c1csc(N)n1. The molecule has 2 atom stereocenters. The van der Waals surface area contributed by atoms with Crippen LogP contribution in [-0.2, 0) is 19.2 Å². The molecule has 2 amide bonds. The van der Waals surface area contributed by atoms with Crippen LogP contribution in [0.2, 0.25) is 0 Å². The quantitative estimate of drug-likeness (QED) is 0.114. The van der Waals surface area contributed by atoms with E-state index in [0.717, 1.165) is 28.0 Å². The van der Waals surface area contributed by atoms with Crippen LogP contribution < -0.4 is 16.9 Å². The second-order valence-corrected chi connectivity index (χ2v) is 9.42. The molecule has 2 aromatic rings. The molecule has 37 heavy (non-hydrogen) atoms. The number of carbonyl (C=O) groups excluding carboxylic acids is 2. The minimum Gasteiger partial charge on any atom is -0.477 e. The molecular weight excluding hydrogens is 528 g/mol. The number of hydrazone groups is 1. The lowest BCUT2D eigenvalue weighted by Crippen LogP contribution is -2.73. The minimum absolute atomic E-state index is 0.0478. The number of nitrogen functional groups attached to an aromatic ring is 1. The summed E-state index contributed by atoms with van der Waals surface area (Å²) in [6.07, 6.45) is 0. The van der Waals surface area contributed by atoms with Crippen LogP contribution in [0.5, 0.6) is 0 Å². The van der Waals surface area contributed by atoms with Crippen molar-refractivity contribution >= 4 is 63.1 Å². The maximum atomic E-state index is 13.0. The summed E-state index contributed by atoms with van der Waals surface area (Å²) < 4.78 is 0. The van der Waals surface area contributed by atoms with Crippen LogP contribution in [0.15, 0.2) is 50.5 Å². The molecule has 4 rings (SSSR count). The number of benzene rings is 1. The number of rotatable bonds is 8. The highest BCUT2D eigenvalue weighted by Gasteiger charge is 2.54. The molecule has 0 bridgehead atoms. The van der Waals surface area contributed by atoms with Crippen LogP contribution >= 0.6 is 23.1 Å². The molecule has 1 saturated heterocycles. The number of aliphatic carboxylic acids is 1. The van der Waals surface area contributed by atoms with Crippen molar-refractivity contribution in [3.63, 3.8) is 0 Å². The third-order valence-electron chi connectivity index (χ3n) is 5.42. The van der Waals surface area contributed by atoms with Gasteiger partial charge in [-0.3, -0.25) is 24.6 Å². The lowest BCUT2D eigenvalue weighted by molar-refractivity contribution is -0.384. The number of aromatic nitrogens is 1. The van der Waals surface area contributed by atoms with Gasteiger partial charge in [-0.2, -0.15) is 5.10 Å². The average molecular weight is 547 g/mol. The molecule has 192 valence electrons. The van der Waals surface area contributed by atoms with Crippen molar-refractivity contribution in [1.82, 2.24) is 15.2 Å². The van der Waals surface area contributed by atoms with Crippen molar-refractivity contribution in [2.45, 2.75) is 12.1 Å². The highest BCUT2D eigenvalue weighted by molar-refractivity contribution is 8.04. The lowest BCUT2D eigenvalue weighted by atomic mass is 9.93. The van der Waals surface area contributed by atoms with Crippen LogP contribution in [0.25, 0.3) is 0 Å². The number of nitrogens with one attached hydrogen (secondary N) is 1. The molecule has 0 saturated carbocycles. The lowest BCUT2D eigenvalue weighted by Gasteiger charge is -2.49. The maximum absolute atomic E-state index is 13.0. The van der Waals surface area contributed by atoms with E-state index in [1.807, 2.05) is 0 Å². The Kier molecular flexibility index (Phi) is 7.07. The van der Waals surface area contributed by atoms with Crippen LogP contribution in [-0.4, -0.2) is 74.1 Å². The number of fused-ring (bicyclic) bond motifs is 1. The second kappa shape index (κ2) is 10.2. The fourth-order valence-electron chi connectivity index (χ4n) is 3.78. The molecule has 3 heterocycles. The molecule has 0 spiro atoms. The number of nitro benzene ring substituents is 1. The fraction of sp³-hybridized carbons (Fsp3) is 0.200. The number of amides is 2. The van der Waals surface area contributed by atoms with E-state index in [0.29, 0.717) is 5.56 Å². The molecule has 2 aliphatic heterocycles. The van der Waals surface area contributed by atoms with E-state index in [2.05, 4.69) is 20.6 Å². The Bertz CT molecular complexity index is 1390. The second-order valence-electron chi connectivity index (χ2n) is 7.50. The number of nitrogens with two attached hydrogens (primary N) is 2. The molecule has 15 nitrogen and oxygen atoms in total. The third kappa shape index (κ3) is 4.68. The summed E-state index contributed by atoms with van der Waals surface area (Å²) in [5.74, 6) is 2.93. The largest absolute Gasteiger partial charge is 0.477 e. The number of nitrogens with zero attached hydrogens (tertiary/aromatic N) is 5. The standard InChI is InChI=1S/C20H18N8O7S2/c1-35-26-13(10-6-37-20(21)23-10)17(29)24-14-11-7-36-16(15(19(31)32)27(11)18(14)30)12(25-22)8-2-4-9(5-3-8)28(33)34/h2-6,11,14H,7,22H2,1H3,(H2,21,23)(H,24,29)(H,31,32).